The second-order valence-electron chi connectivity index (χ2n) is 5.07. The van der Waals surface area contributed by atoms with E-state index in [-0.39, 0.29) is 12.5 Å². The Labute approximate surface area is 114 Å². The third-order valence-corrected chi connectivity index (χ3v) is 3.56. The summed E-state index contributed by atoms with van der Waals surface area (Å²) in [6, 6.07) is -0.287. The zero-order chi connectivity index (χ0) is 14.8. The minimum Gasteiger partial charge on any atom is -0.481 e. The number of nitrogens with zero attached hydrogens (tertiary/aromatic N) is 2. The Morgan fingerprint density at radius 1 is 1.45 bits per heavy atom. The first-order chi connectivity index (χ1) is 9.39. The molecule has 4 nitrogen and oxygen atoms in total. The summed E-state index contributed by atoms with van der Waals surface area (Å²) in [7, 11) is 0. The van der Waals surface area contributed by atoms with Crippen molar-refractivity contribution < 1.29 is 23.1 Å². The largest absolute Gasteiger partial charge is 0.481 e. The van der Waals surface area contributed by atoms with E-state index < -0.39 is 17.9 Å². The summed E-state index contributed by atoms with van der Waals surface area (Å²) in [4.78, 5) is 10.4. The van der Waals surface area contributed by atoms with Crippen LogP contribution in [0.2, 0.25) is 0 Å². The third kappa shape index (κ3) is 3.32. The van der Waals surface area contributed by atoms with Gasteiger partial charge in [-0.1, -0.05) is 6.08 Å². The summed E-state index contributed by atoms with van der Waals surface area (Å²) >= 11 is 0. The van der Waals surface area contributed by atoms with E-state index in [4.69, 9.17) is 5.11 Å². The molecule has 112 valence electrons. The lowest BCUT2D eigenvalue weighted by atomic mass is 9.91. The highest BCUT2D eigenvalue weighted by Crippen LogP contribution is 2.36. The topological polar surface area (TPSA) is 52.9 Å². The van der Waals surface area contributed by atoms with Gasteiger partial charge < -0.3 is 5.11 Å². The van der Waals surface area contributed by atoms with Crippen LogP contribution in [0.3, 0.4) is 0 Å². The monoisotopic (exact) mass is 290 g/mol. The molecule has 1 aliphatic carbocycles. The zero-order valence-electron chi connectivity index (χ0n) is 11.0. The van der Waals surface area contributed by atoms with E-state index in [0.717, 1.165) is 6.42 Å². The van der Waals surface area contributed by atoms with E-state index in [1.54, 1.807) is 6.08 Å². The van der Waals surface area contributed by atoms with Gasteiger partial charge in [-0.2, -0.15) is 18.3 Å². The quantitative estimate of drug-likeness (QED) is 0.792. The van der Waals surface area contributed by atoms with Crippen molar-refractivity contribution in [2.75, 3.05) is 6.54 Å². The molecule has 0 spiro atoms. The summed E-state index contributed by atoms with van der Waals surface area (Å²) in [5, 5.41) is 13.8. The van der Waals surface area contributed by atoms with Crippen molar-refractivity contribution in [3.63, 3.8) is 0 Å². The highest BCUT2D eigenvalue weighted by molar-refractivity contribution is 6.06. The van der Waals surface area contributed by atoms with Gasteiger partial charge in [0.1, 0.15) is 0 Å². The lowest BCUT2D eigenvalue weighted by Crippen LogP contribution is -2.32. The first-order valence-electron chi connectivity index (χ1n) is 6.74. The minimum absolute atomic E-state index is 0.0387. The molecule has 0 amide bonds. The SMILES string of the molecule is O=C(O)CCCCN1N=C(C(F)(F)F)C2=CCCCC21. The number of unbranched alkanes of at least 4 members (excludes halogenated alkanes) is 1. The van der Waals surface area contributed by atoms with Crippen LogP contribution in [0.5, 0.6) is 0 Å². The van der Waals surface area contributed by atoms with Crippen LogP contribution in [0.4, 0.5) is 13.2 Å². The molecule has 1 N–H and O–H groups in total. The van der Waals surface area contributed by atoms with Crippen LogP contribution in [-0.4, -0.2) is 40.6 Å². The summed E-state index contributed by atoms with van der Waals surface area (Å²) in [6.45, 7) is 0.370. The van der Waals surface area contributed by atoms with Crippen LogP contribution in [0.25, 0.3) is 0 Å². The average Bonchev–Trinajstić information content (AvgIpc) is 2.73. The van der Waals surface area contributed by atoms with E-state index in [1.807, 2.05) is 0 Å². The molecule has 0 aromatic heterocycles. The van der Waals surface area contributed by atoms with Crippen LogP contribution >= 0.6 is 0 Å². The van der Waals surface area contributed by atoms with Gasteiger partial charge in [0.05, 0.1) is 6.04 Å². The molecule has 0 fully saturated rings. The molecule has 0 saturated heterocycles. The van der Waals surface area contributed by atoms with Crippen molar-refractivity contribution in [3.8, 4) is 0 Å². The standard InChI is InChI=1S/C13H17F3N2O2/c14-13(15,16)12-9-5-1-2-6-10(9)18(17-12)8-4-3-7-11(19)20/h5,10H,1-4,6-8H2,(H,19,20). The Morgan fingerprint density at radius 2 is 2.20 bits per heavy atom. The molecule has 7 heteroatoms. The zero-order valence-corrected chi connectivity index (χ0v) is 11.0. The Balaban J connectivity index is 2.01. The predicted molar refractivity (Wildman–Crippen MR) is 67.4 cm³/mol. The van der Waals surface area contributed by atoms with E-state index in [9.17, 15) is 18.0 Å². The molecule has 0 aromatic rings. The summed E-state index contributed by atoms with van der Waals surface area (Å²) in [5.74, 6) is -0.885. The van der Waals surface area contributed by atoms with Gasteiger partial charge in [-0.05, 0) is 32.1 Å². The first-order valence-corrected chi connectivity index (χ1v) is 6.74. The average molecular weight is 290 g/mol. The van der Waals surface area contributed by atoms with E-state index in [2.05, 4.69) is 5.10 Å². The number of aliphatic carboxylic acids is 1. The van der Waals surface area contributed by atoms with E-state index >= 15 is 0 Å². The molecule has 0 saturated carbocycles. The molecular weight excluding hydrogens is 273 g/mol. The molecule has 1 aliphatic heterocycles. The molecular formula is C13H17F3N2O2. The molecule has 1 heterocycles. The maximum Gasteiger partial charge on any atom is 0.435 e. The Morgan fingerprint density at radius 3 is 2.85 bits per heavy atom. The lowest BCUT2D eigenvalue weighted by molar-refractivity contribution is -0.137. The van der Waals surface area contributed by atoms with Crippen LogP contribution in [0.1, 0.15) is 38.5 Å². The summed E-state index contributed by atoms with van der Waals surface area (Å²) < 4.78 is 38.8. The highest BCUT2D eigenvalue weighted by atomic mass is 19.4. The van der Waals surface area contributed by atoms with Gasteiger partial charge in [0.2, 0.25) is 0 Å². The number of carbonyl (C=O) groups is 1. The first kappa shape index (κ1) is 14.9. The fourth-order valence-electron chi connectivity index (χ4n) is 2.66. The van der Waals surface area contributed by atoms with Gasteiger partial charge >= 0.3 is 12.1 Å². The normalized spacial score (nSPS) is 22.4. The lowest BCUT2D eigenvalue weighted by Gasteiger charge is -2.26. The number of hydrazone groups is 1. The molecule has 2 rings (SSSR count). The van der Waals surface area contributed by atoms with E-state index in [0.29, 0.717) is 37.8 Å². The number of hydrogen-bond acceptors (Lipinski definition) is 3. The fraction of sp³-hybridized carbons (Fsp3) is 0.692. The van der Waals surface area contributed by atoms with Crippen molar-refractivity contribution in [1.29, 1.82) is 0 Å². The summed E-state index contributed by atoms with van der Waals surface area (Å²) in [5.41, 5.74) is -0.484. The van der Waals surface area contributed by atoms with Crippen LogP contribution in [0, 0.1) is 0 Å². The highest BCUT2D eigenvalue weighted by Gasteiger charge is 2.46. The van der Waals surface area contributed by atoms with Crippen molar-refractivity contribution in [2.24, 2.45) is 5.10 Å². The van der Waals surface area contributed by atoms with E-state index in [1.165, 1.54) is 5.01 Å². The molecule has 20 heavy (non-hydrogen) atoms. The van der Waals surface area contributed by atoms with Gasteiger partial charge in [-0.3, -0.25) is 9.80 Å². The van der Waals surface area contributed by atoms with Gasteiger partial charge in [0.15, 0.2) is 5.71 Å². The third-order valence-electron chi connectivity index (χ3n) is 3.56. The number of carboxylic acid groups (broad SMARTS) is 1. The smallest absolute Gasteiger partial charge is 0.435 e. The summed E-state index contributed by atoms with van der Waals surface area (Å²) in [6.07, 6.45) is 0.438. The number of halogens is 3. The van der Waals surface area contributed by atoms with Crippen LogP contribution < -0.4 is 0 Å². The maximum atomic E-state index is 12.9. The molecule has 2 aliphatic rings. The number of carboxylic acids is 1. The molecule has 1 atom stereocenters. The van der Waals surface area contributed by atoms with Gasteiger partial charge in [-0.15, -0.1) is 0 Å². The van der Waals surface area contributed by atoms with Gasteiger partial charge in [-0.25, -0.2) is 0 Å². The van der Waals surface area contributed by atoms with Crippen LogP contribution in [-0.2, 0) is 4.79 Å². The number of alkyl halides is 3. The predicted octanol–water partition coefficient (Wildman–Crippen LogP) is 2.95. The van der Waals surface area contributed by atoms with Crippen molar-refractivity contribution >= 4 is 11.7 Å². The molecule has 0 aromatic carbocycles. The number of rotatable bonds is 5. The van der Waals surface area contributed by atoms with Crippen molar-refractivity contribution in [3.05, 3.63) is 11.6 Å². The number of fused-ring (bicyclic) bond motifs is 1. The van der Waals surface area contributed by atoms with Crippen LogP contribution in [0.15, 0.2) is 16.8 Å². The Hall–Kier alpha value is -1.53. The Bertz CT molecular complexity index is 443. The second kappa shape index (κ2) is 5.85. The number of hydrogen-bond donors (Lipinski definition) is 1. The number of allylic oxidation sites excluding steroid dienone is 1. The van der Waals surface area contributed by atoms with Gasteiger partial charge in [0.25, 0.3) is 0 Å². The van der Waals surface area contributed by atoms with Crippen molar-refractivity contribution in [2.45, 2.75) is 50.7 Å². The Kier molecular flexibility index (Phi) is 4.35. The van der Waals surface area contributed by atoms with Gasteiger partial charge in [0, 0.05) is 18.5 Å². The maximum absolute atomic E-state index is 12.9. The molecule has 0 bridgehead atoms. The minimum atomic E-state index is -4.42. The van der Waals surface area contributed by atoms with Crippen molar-refractivity contribution in [1.82, 2.24) is 5.01 Å². The molecule has 0 radical (unpaired) electrons. The molecule has 1 unspecified atom stereocenters. The fourth-order valence-corrected chi connectivity index (χ4v) is 2.66. The second-order valence-corrected chi connectivity index (χ2v) is 5.07.